The summed E-state index contributed by atoms with van der Waals surface area (Å²) in [6, 6.07) is 0. The van der Waals surface area contributed by atoms with Crippen LogP contribution in [0.5, 0.6) is 0 Å². The summed E-state index contributed by atoms with van der Waals surface area (Å²) >= 11 is 0. The van der Waals surface area contributed by atoms with Crippen LogP contribution in [0.2, 0.25) is 0 Å². The Hall–Kier alpha value is -3.67. The molecule has 478 valence electrons. The van der Waals surface area contributed by atoms with Crippen LogP contribution >= 0.6 is 0 Å². The highest BCUT2D eigenvalue weighted by atomic mass is 16.6. The lowest BCUT2D eigenvalue weighted by molar-refractivity contribution is -0.167. The van der Waals surface area contributed by atoms with Gasteiger partial charge in [-0.25, -0.2) is 0 Å². The molecule has 0 bridgehead atoms. The molecule has 0 aromatic rings. The predicted octanol–water partition coefficient (Wildman–Crippen LogP) is 24.8. The minimum Gasteiger partial charge on any atom is -0.462 e. The second-order valence-corrected chi connectivity index (χ2v) is 23.8. The number of carbonyl (C=O) groups is 3. The van der Waals surface area contributed by atoms with Crippen LogP contribution in [-0.2, 0) is 28.6 Å². The molecule has 0 N–H and O–H groups in total. The summed E-state index contributed by atoms with van der Waals surface area (Å²) in [4.78, 5) is 38.4. The molecule has 0 saturated carbocycles. The van der Waals surface area contributed by atoms with Crippen molar-refractivity contribution in [2.75, 3.05) is 13.2 Å². The SMILES string of the molecule is CC/C=C\C/C=C\C/C=C\C/C=C\C/C=C\C/C=C\C/C=C\CCCCCCCCCCCCCC(=O)OCC(COC(=O)CCCCCCCCCCCCCCC)OC(=O)CCCCCCCCCCC/C=C\CCCCCCCC. The van der Waals surface area contributed by atoms with E-state index in [1.807, 2.05) is 0 Å². The van der Waals surface area contributed by atoms with Crippen LogP contribution in [0.4, 0.5) is 0 Å². The van der Waals surface area contributed by atoms with Crippen LogP contribution < -0.4 is 0 Å². The van der Waals surface area contributed by atoms with E-state index >= 15 is 0 Å². The first-order chi connectivity index (χ1) is 41.0. The fourth-order valence-electron chi connectivity index (χ4n) is 10.2. The van der Waals surface area contributed by atoms with E-state index in [1.54, 1.807) is 0 Å². The first-order valence-corrected chi connectivity index (χ1v) is 35.7. The van der Waals surface area contributed by atoms with Gasteiger partial charge in [0.2, 0.25) is 0 Å². The Morgan fingerprint density at radius 3 is 0.747 bits per heavy atom. The lowest BCUT2D eigenvalue weighted by Crippen LogP contribution is -2.30. The Kier molecular flexibility index (Phi) is 67.7. The molecule has 0 heterocycles. The van der Waals surface area contributed by atoms with Gasteiger partial charge in [0, 0.05) is 19.3 Å². The standard InChI is InChI=1S/C77H134O6/c1-4-7-10-13-16-19-22-25-27-29-31-32-33-34-35-36-37-38-39-40-41-42-43-44-46-47-49-52-55-58-61-64-67-70-76(79)82-73-74(72-81-75(78)69-66-63-60-57-54-51-24-21-18-15-12-9-6-3)83-77(80)71-68-65-62-59-56-53-50-48-45-30-28-26-23-20-17-14-11-8-5-2/h7,10,16,19,25-28,31-32,34-35,37-38,40-41,74H,4-6,8-9,11-15,17-18,20-24,29-30,33,36,39,42-73H2,1-3H3/b10-7-,19-16-,27-25-,28-26-,32-31-,35-34-,38-37-,41-40-. The predicted molar refractivity (Wildman–Crippen MR) is 362 cm³/mol. The minimum absolute atomic E-state index is 0.0740. The molecule has 0 aliphatic rings. The minimum atomic E-state index is -0.778. The van der Waals surface area contributed by atoms with Crippen molar-refractivity contribution in [2.45, 2.75) is 361 Å². The van der Waals surface area contributed by atoms with Gasteiger partial charge in [-0.15, -0.1) is 0 Å². The van der Waals surface area contributed by atoms with Crippen LogP contribution in [0.25, 0.3) is 0 Å². The molecule has 0 rings (SSSR count). The lowest BCUT2D eigenvalue weighted by Gasteiger charge is -2.18. The average Bonchev–Trinajstić information content (AvgIpc) is 3.49. The maximum atomic E-state index is 12.9. The molecule has 6 nitrogen and oxygen atoms in total. The second kappa shape index (κ2) is 70.8. The summed E-state index contributed by atoms with van der Waals surface area (Å²) in [7, 11) is 0. The van der Waals surface area contributed by atoms with Crippen LogP contribution in [0.3, 0.4) is 0 Å². The number of ether oxygens (including phenoxy) is 3. The van der Waals surface area contributed by atoms with Crippen molar-refractivity contribution in [3.63, 3.8) is 0 Å². The van der Waals surface area contributed by atoms with Crippen molar-refractivity contribution in [1.29, 1.82) is 0 Å². The fraction of sp³-hybridized carbons (Fsp3) is 0.753. The van der Waals surface area contributed by atoms with E-state index in [4.69, 9.17) is 14.2 Å². The van der Waals surface area contributed by atoms with E-state index in [9.17, 15) is 14.4 Å². The van der Waals surface area contributed by atoms with Crippen LogP contribution in [0, 0.1) is 0 Å². The average molecular weight is 1160 g/mol. The summed E-state index contributed by atoms with van der Waals surface area (Å²) in [6.07, 6.45) is 95.7. The van der Waals surface area contributed by atoms with Gasteiger partial charge in [-0.1, -0.05) is 330 Å². The number of hydrogen-bond donors (Lipinski definition) is 0. The van der Waals surface area contributed by atoms with Crippen molar-refractivity contribution in [2.24, 2.45) is 0 Å². The van der Waals surface area contributed by atoms with Gasteiger partial charge in [-0.2, -0.15) is 0 Å². The maximum absolute atomic E-state index is 12.9. The number of unbranched alkanes of at least 4 members (excludes halogenated alkanes) is 38. The molecule has 0 saturated heterocycles. The third-order valence-electron chi connectivity index (χ3n) is 15.6. The Balaban J connectivity index is 4.23. The van der Waals surface area contributed by atoms with Gasteiger partial charge in [-0.05, 0) is 103 Å². The van der Waals surface area contributed by atoms with Crippen LogP contribution in [-0.4, -0.2) is 37.2 Å². The molecule has 0 spiro atoms. The summed E-state index contributed by atoms with van der Waals surface area (Å²) < 4.78 is 17.0. The highest BCUT2D eigenvalue weighted by molar-refractivity contribution is 5.71. The molecule has 6 heteroatoms. The van der Waals surface area contributed by atoms with Gasteiger partial charge in [0.1, 0.15) is 13.2 Å². The molecule has 1 unspecified atom stereocenters. The molecule has 0 radical (unpaired) electrons. The fourth-order valence-corrected chi connectivity index (χ4v) is 10.2. The van der Waals surface area contributed by atoms with E-state index in [1.165, 1.54) is 212 Å². The second-order valence-electron chi connectivity index (χ2n) is 23.8. The van der Waals surface area contributed by atoms with E-state index in [-0.39, 0.29) is 31.1 Å². The van der Waals surface area contributed by atoms with Crippen LogP contribution in [0.1, 0.15) is 355 Å². The molecule has 0 aliphatic carbocycles. The zero-order valence-corrected chi connectivity index (χ0v) is 54.9. The first kappa shape index (κ1) is 79.3. The first-order valence-electron chi connectivity index (χ1n) is 35.7. The third-order valence-corrected chi connectivity index (χ3v) is 15.6. The Bertz CT molecular complexity index is 1610. The summed E-state index contributed by atoms with van der Waals surface area (Å²) in [5.74, 6) is -0.861. The Morgan fingerprint density at radius 2 is 0.470 bits per heavy atom. The highest BCUT2D eigenvalue weighted by Crippen LogP contribution is 2.17. The van der Waals surface area contributed by atoms with Gasteiger partial charge >= 0.3 is 17.9 Å². The van der Waals surface area contributed by atoms with Gasteiger partial charge in [0.05, 0.1) is 0 Å². The summed E-state index contributed by atoms with van der Waals surface area (Å²) in [5, 5.41) is 0. The normalized spacial score (nSPS) is 12.7. The van der Waals surface area contributed by atoms with Gasteiger partial charge in [0.25, 0.3) is 0 Å². The molecular formula is C77H134O6. The zero-order chi connectivity index (χ0) is 59.9. The summed E-state index contributed by atoms with van der Waals surface area (Å²) in [5.41, 5.74) is 0. The quantitative estimate of drug-likeness (QED) is 0.0261. The Labute approximate surface area is 515 Å². The Morgan fingerprint density at radius 1 is 0.253 bits per heavy atom. The number of hydrogen-bond acceptors (Lipinski definition) is 6. The topological polar surface area (TPSA) is 78.9 Å². The van der Waals surface area contributed by atoms with E-state index < -0.39 is 6.10 Å². The lowest BCUT2D eigenvalue weighted by atomic mass is 10.0. The molecule has 0 fully saturated rings. The smallest absolute Gasteiger partial charge is 0.306 e. The number of allylic oxidation sites excluding steroid dienone is 16. The molecule has 0 amide bonds. The van der Waals surface area contributed by atoms with Gasteiger partial charge in [-0.3, -0.25) is 14.4 Å². The molecule has 83 heavy (non-hydrogen) atoms. The van der Waals surface area contributed by atoms with Gasteiger partial charge < -0.3 is 14.2 Å². The van der Waals surface area contributed by atoms with Crippen LogP contribution in [0.15, 0.2) is 97.2 Å². The molecular weight excluding hydrogens is 1020 g/mol. The number of esters is 3. The van der Waals surface area contributed by atoms with E-state index in [0.717, 1.165) is 103 Å². The number of carbonyl (C=O) groups excluding carboxylic acids is 3. The largest absolute Gasteiger partial charge is 0.462 e. The third kappa shape index (κ3) is 69.0. The highest BCUT2D eigenvalue weighted by Gasteiger charge is 2.19. The maximum Gasteiger partial charge on any atom is 0.306 e. The molecule has 0 aromatic heterocycles. The number of rotatable bonds is 65. The van der Waals surface area contributed by atoms with E-state index in [2.05, 4.69) is 118 Å². The van der Waals surface area contributed by atoms with Crippen molar-refractivity contribution in [1.82, 2.24) is 0 Å². The van der Waals surface area contributed by atoms with Crippen molar-refractivity contribution in [3.8, 4) is 0 Å². The summed E-state index contributed by atoms with van der Waals surface area (Å²) in [6.45, 7) is 6.56. The zero-order valence-electron chi connectivity index (χ0n) is 54.9. The van der Waals surface area contributed by atoms with E-state index in [0.29, 0.717) is 19.3 Å². The van der Waals surface area contributed by atoms with Crippen molar-refractivity contribution >= 4 is 17.9 Å². The van der Waals surface area contributed by atoms with Crippen molar-refractivity contribution in [3.05, 3.63) is 97.2 Å². The van der Waals surface area contributed by atoms with Gasteiger partial charge in [0.15, 0.2) is 6.10 Å². The van der Waals surface area contributed by atoms with Crippen molar-refractivity contribution < 1.29 is 28.6 Å². The molecule has 1 atom stereocenters. The molecule has 0 aromatic carbocycles. The molecule has 0 aliphatic heterocycles. The monoisotopic (exact) mass is 1160 g/mol.